The summed E-state index contributed by atoms with van der Waals surface area (Å²) >= 11 is 4.96. The van der Waals surface area contributed by atoms with Gasteiger partial charge in [-0.3, -0.25) is 0 Å². The van der Waals surface area contributed by atoms with E-state index in [1.54, 1.807) is 17.4 Å². The standard InChI is InChI=1S/C11H10BrFN2S/c1-14-5-8-6-15-11(16-8)9-4-7(13)2-3-10(9)12/h2-4,6,14H,5H2,1H3. The fraction of sp³-hybridized carbons (Fsp3) is 0.182. The average Bonchev–Trinajstić information content (AvgIpc) is 2.71. The van der Waals surface area contributed by atoms with E-state index < -0.39 is 0 Å². The number of rotatable bonds is 3. The Labute approximate surface area is 106 Å². The first-order valence-electron chi connectivity index (χ1n) is 4.75. The summed E-state index contributed by atoms with van der Waals surface area (Å²) in [6, 6.07) is 4.62. The molecule has 2 nitrogen and oxygen atoms in total. The van der Waals surface area contributed by atoms with Crippen LogP contribution in [0, 0.1) is 5.82 Å². The quantitative estimate of drug-likeness (QED) is 0.939. The van der Waals surface area contributed by atoms with Crippen LogP contribution < -0.4 is 5.32 Å². The monoisotopic (exact) mass is 300 g/mol. The summed E-state index contributed by atoms with van der Waals surface area (Å²) in [5, 5.41) is 3.89. The molecule has 1 N–H and O–H groups in total. The SMILES string of the molecule is CNCc1cnc(-c2cc(F)ccc2Br)s1. The van der Waals surface area contributed by atoms with Crippen molar-refractivity contribution in [3.05, 3.63) is 39.6 Å². The molecule has 1 aromatic heterocycles. The van der Waals surface area contributed by atoms with Crippen LogP contribution in [0.2, 0.25) is 0 Å². The van der Waals surface area contributed by atoms with Crippen LogP contribution in [0.15, 0.2) is 28.9 Å². The number of halogens is 2. The first kappa shape index (κ1) is 11.7. The fourth-order valence-corrected chi connectivity index (χ4v) is 2.87. The molecule has 0 aliphatic heterocycles. The maximum absolute atomic E-state index is 13.1. The Kier molecular flexibility index (Phi) is 3.68. The van der Waals surface area contributed by atoms with Gasteiger partial charge in [-0.15, -0.1) is 11.3 Å². The van der Waals surface area contributed by atoms with Crippen LogP contribution in [0.3, 0.4) is 0 Å². The van der Waals surface area contributed by atoms with Crippen LogP contribution in [-0.4, -0.2) is 12.0 Å². The van der Waals surface area contributed by atoms with Gasteiger partial charge in [0.05, 0.1) is 0 Å². The van der Waals surface area contributed by atoms with Gasteiger partial charge in [-0.05, 0) is 25.2 Å². The smallest absolute Gasteiger partial charge is 0.124 e. The molecule has 0 bridgehead atoms. The lowest BCUT2D eigenvalue weighted by Gasteiger charge is -2.00. The maximum atomic E-state index is 13.1. The second-order valence-electron chi connectivity index (χ2n) is 3.29. The summed E-state index contributed by atoms with van der Waals surface area (Å²) in [5.41, 5.74) is 0.798. The summed E-state index contributed by atoms with van der Waals surface area (Å²) in [6.07, 6.45) is 1.81. The summed E-state index contributed by atoms with van der Waals surface area (Å²) in [4.78, 5) is 5.42. The van der Waals surface area contributed by atoms with Gasteiger partial charge in [0, 0.05) is 27.7 Å². The third kappa shape index (κ3) is 2.48. The third-order valence-corrected chi connectivity index (χ3v) is 3.79. The second-order valence-corrected chi connectivity index (χ2v) is 5.26. The van der Waals surface area contributed by atoms with Crippen LogP contribution in [0.1, 0.15) is 4.88 Å². The number of nitrogens with one attached hydrogen (secondary N) is 1. The summed E-state index contributed by atoms with van der Waals surface area (Å²) in [6.45, 7) is 0.782. The molecule has 2 aromatic rings. The molecule has 5 heteroatoms. The lowest BCUT2D eigenvalue weighted by Crippen LogP contribution is -2.02. The number of hydrogen-bond acceptors (Lipinski definition) is 3. The van der Waals surface area contributed by atoms with Crippen molar-refractivity contribution >= 4 is 27.3 Å². The van der Waals surface area contributed by atoms with E-state index in [0.717, 1.165) is 26.5 Å². The van der Waals surface area contributed by atoms with E-state index in [9.17, 15) is 4.39 Å². The van der Waals surface area contributed by atoms with Crippen molar-refractivity contribution < 1.29 is 4.39 Å². The van der Waals surface area contributed by atoms with Crippen LogP contribution in [0.25, 0.3) is 10.6 Å². The summed E-state index contributed by atoms with van der Waals surface area (Å²) < 4.78 is 14.0. The molecule has 0 saturated carbocycles. The van der Waals surface area contributed by atoms with Crippen molar-refractivity contribution in [2.24, 2.45) is 0 Å². The normalized spacial score (nSPS) is 10.7. The Morgan fingerprint density at radius 2 is 2.31 bits per heavy atom. The van der Waals surface area contributed by atoms with Crippen molar-refractivity contribution in [3.63, 3.8) is 0 Å². The molecule has 84 valence electrons. The van der Waals surface area contributed by atoms with E-state index >= 15 is 0 Å². The Morgan fingerprint density at radius 1 is 1.50 bits per heavy atom. The van der Waals surface area contributed by atoms with Crippen molar-refractivity contribution in [1.29, 1.82) is 0 Å². The van der Waals surface area contributed by atoms with Crippen LogP contribution in [0.4, 0.5) is 4.39 Å². The van der Waals surface area contributed by atoms with Crippen LogP contribution in [-0.2, 0) is 6.54 Å². The highest BCUT2D eigenvalue weighted by Gasteiger charge is 2.09. The first-order valence-corrected chi connectivity index (χ1v) is 6.36. The van der Waals surface area contributed by atoms with Crippen molar-refractivity contribution in [3.8, 4) is 10.6 Å². The van der Waals surface area contributed by atoms with Gasteiger partial charge in [0.2, 0.25) is 0 Å². The highest BCUT2D eigenvalue weighted by Crippen LogP contribution is 2.31. The van der Waals surface area contributed by atoms with Gasteiger partial charge in [-0.1, -0.05) is 15.9 Å². The predicted octanol–water partition coefficient (Wildman–Crippen LogP) is 3.43. The zero-order valence-electron chi connectivity index (χ0n) is 8.63. The third-order valence-electron chi connectivity index (χ3n) is 2.06. The Morgan fingerprint density at radius 3 is 3.06 bits per heavy atom. The topological polar surface area (TPSA) is 24.9 Å². The van der Waals surface area contributed by atoms with E-state index in [2.05, 4.69) is 26.2 Å². The zero-order chi connectivity index (χ0) is 11.5. The van der Waals surface area contributed by atoms with Gasteiger partial charge in [0.25, 0.3) is 0 Å². The minimum Gasteiger partial charge on any atom is -0.315 e. The van der Waals surface area contributed by atoms with Crippen molar-refractivity contribution in [2.45, 2.75) is 6.54 Å². The molecule has 1 heterocycles. The van der Waals surface area contributed by atoms with Crippen molar-refractivity contribution in [2.75, 3.05) is 7.05 Å². The molecule has 0 amide bonds. The number of benzene rings is 1. The zero-order valence-corrected chi connectivity index (χ0v) is 11.0. The molecule has 0 spiro atoms. The fourth-order valence-electron chi connectivity index (χ4n) is 1.35. The van der Waals surface area contributed by atoms with Gasteiger partial charge in [0.15, 0.2) is 0 Å². The number of nitrogens with zero attached hydrogens (tertiary/aromatic N) is 1. The molecular formula is C11H10BrFN2S. The van der Waals surface area contributed by atoms with E-state index in [0.29, 0.717) is 0 Å². The first-order chi connectivity index (χ1) is 7.70. The van der Waals surface area contributed by atoms with E-state index in [1.807, 2.05) is 13.2 Å². The molecule has 0 atom stereocenters. The van der Waals surface area contributed by atoms with E-state index in [1.165, 1.54) is 12.1 Å². The van der Waals surface area contributed by atoms with E-state index in [-0.39, 0.29) is 5.82 Å². The Bertz CT molecular complexity index is 498. The highest BCUT2D eigenvalue weighted by molar-refractivity contribution is 9.10. The minimum absolute atomic E-state index is 0.247. The molecule has 0 fully saturated rings. The largest absolute Gasteiger partial charge is 0.315 e. The molecule has 0 radical (unpaired) electrons. The Hall–Kier alpha value is -0.780. The summed E-state index contributed by atoms with van der Waals surface area (Å²) in [5.74, 6) is -0.247. The molecule has 1 aromatic carbocycles. The molecule has 0 aliphatic carbocycles. The second kappa shape index (κ2) is 5.03. The lowest BCUT2D eigenvalue weighted by atomic mass is 10.2. The van der Waals surface area contributed by atoms with Gasteiger partial charge in [-0.2, -0.15) is 0 Å². The van der Waals surface area contributed by atoms with Crippen LogP contribution in [0.5, 0.6) is 0 Å². The van der Waals surface area contributed by atoms with Gasteiger partial charge in [0.1, 0.15) is 10.8 Å². The van der Waals surface area contributed by atoms with Crippen molar-refractivity contribution in [1.82, 2.24) is 10.3 Å². The highest BCUT2D eigenvalue weighted by atomic mass is 79.9. The number of hydrogen-bond donors (Lipinski definition) is 1. The van der Waals surface area contributed by atoms with Gasteiger partial charge < -0.3 is 5.32 Å². The number of thiazole rings is 1. The Balaban J connectivity index is 2.38. The minimum atomic E-state index is -0.247. The van der Waals surface area contributed by atoms with Gasteiger partial charge in [-0.25, -0.2) is 9.37 Å². The molecule has 0 unspecified atom stereocenters. The maximum Gasteiger partial charge on any atom is 0.124 e. The summed E-state index contributed by atoms with van der Waals surface area (Å²) in [7, 11) is 1.89. The van der Waals surface area contributed by atoms with Gasteiger partial charge >= 0.3 is 0 Å². The number of aromatic nitrogens is 1. The molecule has 0 aliphatic rings. The lowest BCUT2D eigenvalue weighted by molar-refractivity contribution is 0.628. The molecular weight excluding hydrogens is 291 g/mol. The molecule has 2 rings (SSSR count). The van der Waals surface area contributed by atoms with E-state index in [4.69, 9.17) is 0 Å². The predicted molar refractivity (Wildman–Crippen MR) is 68.0 cm³/mol. The van der Waals surface area contributed by atoms with Crippen LogP contribution >= 0.6 is 27.3 Å². The molecule has 16 heavy (non-hydrogen) atoms. The average molecular weight is 301 g/mol. The molecule has 0 saturated heterocycles.